The van der Waals surface area contributed by atoms with Crippen LogP contribution in [0.15, 0.2) is 30.3 Å². The number of rotatable bonds is 3. The molecule has 0 radical (unpaired) electrons. The van der Waals surface area contributed by atoms with Crippen molar-refractivity contribution in [2.24, 2.45) is 0 Å². The van der Waals surface area contributed by atoms with Crippen LogP contribution in [0.2, 0.25) is 0 Å². The van der Waals surface area contributed by atoms with E-state index in [1.54, 1.807) is 11.3 Å². The van der Waals surface area contributed by atoms with Crippen molar-refractivity contribution in [3.8, 4) is 0 Å². The lowest BCUT2D eigenvalue weighted by atomic mass is 10.0. The van der Waals surface area contributed by atoms with Gasteiger partial charge in [-0.3, -0.25) is 4.79 Å². The first-order valence-corrected chi connectivity index (χ1v) is 11.5. The van der Waals surface area contributed by atoms with E-state index >= 15 is 0 Å². The molecule has 0 aliphatic carbocycles. The number of carbonyl (C=O) groups excluding carboxylic acids is 1. The van der Waals surface area contributed by atoms with E-state index < -0.39 is 0 Å². The summed E-state index contributed by atoms with van der Waals surface area (Å²) in [6.45, 7) is 8.31. The van der Waals surface area contributed by atoms with Crippen LogP contribution in [0.1, 0.15) is 32.7 Å². The minimum atomic E-state index is -0.214. The summed E-state index contributed by atoms with van der Waals surface area (Å²) in [6, 6.07) is 10.2. The zero-order valence-corrected chi connectivity index (χ0v) is 18.7. The summed E-state index contributed by atoms with van der Waals surface area (Å²) >= 11 is 1.56. The number of hydrogen-bond acceptors (Lipinski definition) is 7. The second kappa shape index (κ2) is 8.53. The molecular formula is C23H26N4O3S. The Bertz CT molecular complexity index is 1090. The minimum absolute atomic E-state index is 0.0721. The predicted octanol–water partition coefficient (Wildman–Crippen LogP) is 3.36. The van der Waals surface area contributed by atoms with Crippen molar-refractivity contribution in [1.29, 1.82) is 0 Å². The number of hydrogen-bond donors (Lipinski definition) is 0. The molecule has 2 aromatic heterocycles. The molecule has 0 N–H and O–H groups in total. The molecule has 7 nitrogen and oxygen atoms in total. The van der Waals surface area contributed by atoms with Crippen molar-refractivity contribution >= 4 is 33.3 Å². The molecule has 1 atom stereocenters. The maximum Gasteiger partial charge on any atom is 0.264 e. The standard InChI is InChI=1S/C23H26N4O3S/c1-15-13-16(2)25-23(24-15)27-9-12-30-18(14-27)20-17-5-3-4-6-19(17)31-21(20)22(28)26-7-10-29-11-8-26/h3-6,13,18H,7-12,14H2,1-2H3. The third-order valence-electron chi connectivity index (χ3n) is 5.77. The SMILES string of the molecule is Cc1cc(C)nc(N2CCOC(c3c(C(=O)N4CCOCC4)sc4ccccc34)C2)n1. The molecule has 5 rings (SSSR count). The van der Waals surface area contributed by atoms with Crippen molar-refractivity contribution < 1.29 is 14.3 Å². The topological polar surface area (TPSA) is 67.8 Å². The molecule has 4 heterocycles. The van der Waals surface area contributed by atoms with E-state index in [0.717, 1.165) is 44.4 Å². The van der Waals surface area contributed by atoms with Gasteiger partial charge in [0.15, 0.2) is 0 Å². The number of aromatic nitrogens is 2. The first-order chi connectivity index (χ1) is 15.1. The number of benzene rings is 1. The van der Waals surface area contributed by atoms with Gasteiger partial charge in [0.2, 0.25) is 5.95 Å². The van der Waals surface area contributed by atoms with Gasteiger partial charge in [-0.05, 0) is 31.4 Å². The molecule has 8 heteroatoms. The fraction of sp³-hybridized carbons (Fsp3) is 0.435. The number of nitrogens with zero attached hydrogens (tertiary/aromatic N) is 4. The van der Waals surface area contributed by atoms with Gasteiger partial charge in [0.25, 0.3) is 5.91 Å². The monoisotopic (exact) mass is 438 g/mol. The molecular weight excluding hydrogens is 412 g/mol. The van der Waals surface area contributed by atoms with Crippen LogP contribution in [-0.4, -0.2) is 66.8 Å². The van der Waals surface area contributed by atoms with Crippen LogP contribution in [0, 0.1) is 13.8 Å². The highest BCUT2D eigenvalue weighted by Gasteiger charge is 2.32. The van der Waals surface area contributed by atoms with Gasteiger partial charge in [0.05, 0.1) is 31.2 Å². The zero-order valence-electron chi connectivity index (χ0n) is 17.8. The normalized spacial score (nSPS) is 19.7. The van der Waals surface area contributed by atoms with Gasteiger partial charge in [-0.2, -0.15) is 0 Å². The van der Waals surface area contributed by atoms with E-state index in [0.29, 0.717) is 39.5 Å². The van der Waals surface area contributed by atoms with Gasteiger partial charge < -0.3 is 19.3 Å². The molecule has 2 saturated heterocycles. The predicted molar refractivity (Wildman–Crippen MR) is 121 cm³/mol. The number of aryl methyl sites for hydroxylation is 2. The average molecular weight is 439 g/mol. The Morgan fingerprint density at radius 2 is 1.81 bits per heavy atom. The first kappa shape index (κ1) is 20.4. The van der Waals surface area contributed by atoms with E-state index in [4.69, 9.17) is 9.47 Å². The van der Waals surface area contributed by atoms with Crippen molar-refractivity contribution in [1.82, 2.24) is 14.9 Å². The van der Waals surface area contributed by atoms with Crippen LogP contribution >= 0.6 is 11.3 Å². The number of ether oxygens (including phenoxy) is 2. The van der Waals surface area contributed by atoms with Crippen LogP contribution < -0.4 is 4.90 Å². The number of carbonyl (C=O) groups is 1. The second-order valence-corrected chi connectivity index (χ2v) is 9.05. The van der Waals surface area contributed by atoms with Gasteiger partial charge >= 0.3 is 0 Å². The first-order valence-electron chi connectivity index (χ1n) is 10.7. The molecule has 31 heavy (non-hydrogen) atoms. The molecule has 162 valence electrons. The quantitative estimate of drug-likeness (QED) is 0.625. The van der Waals surface area contributed by atoms with Gasteiger partial charge in [0, 0.05) is 41.3 Å². The second-order valence-electron chi connectivity index (χ2n) is 8.00. The molecule has 0 bridgehead atoms. The average Bonchev–Trinajstić information content (AvgIpc) is 3.18. The molecule has 1 unspecified atom stereocenters. The van der Waals surface area contributed by atoms with Crippen molar-refractivity contribution in [3.63, 3.8) is 0 Å². The molecule has 0 saturated carbocycles. The molecule has 1 amide bonds. The van der Waals surface area contributed by atoms with Crippen molar-refractivity contribution in [2.75, 3.05) is 50.9 Å². The Morgan fingerprint density at radius 1 is 1.06 bits per heavy atom. The smallest absolute Gasteiger partial charge is 0.264 e. The Hall–Kier alpha value is -2.55. The molecule has 2 aliphatic rings. The van der Waals surface area contributed by atoms with Crippen molar-refractivity contribution in [3.05, 3.63) is 52.2 Å². The largest absolute Gasteiger partial charge is 0.378 e. The lowest BCUT2D eigenvalue weighted by molar-refractivity contribution is 0.0280. The Balaban J connectivity index is 1.51. The van der Waals surface area contributed by atoms with Gasteiger partial charge in [-0.25, -0.2) is 9.97 Å². The molecule has 3 aromatic rings. The number of anilines is 1. The fourth-order valence-electron chi connectivity index (χ4n) is 4.31. The van der Waals surface area contributed by atoms with E-state index in [2.05, 4.69) is 27.0 Å². The molecule has 2 fully saturated rings. The Morgan fingerprint density at radius 3 is 2.58 bits per heavy atom. The van der Waals surface area contributed by atoms with Gasteiger partial charge in [-0.15, -0.1) is 11.3 Å². The van der Waals surface area contributed by atoms with E-state index in [-0.39, 0.29) is 12.0 Å². The van der Waals surface area contributed by atoms with Gasteiger partial charge in [-0.1, -0.05) is 18.2 Å². The zero-order chi connectivity index (χ0) is 21.4. The summed E-state index contributed by atoms with van der Waals surface area (Å²) in [5.74, 6) is 0.800. The van der Waals surface area contributed by atoms with Crippen LogP contribution in [0.4, 0.5) is 5.95 Å². The van der Waals surface area contributed by atoms with Crippen LogP contribution in [0.25, 0.3) is 10.1 Å². The van der Waals surface area contributed by atoms with E-state index in [1.165, 1.54) is 0 Å². The van der Waals surface area contributed by atoms with Gasteiger partial charge in [0.1, 0.15) is 6.10 Å². The highest BCUT2D eigenvalue weighted by atomic mass is 32.1. The van der Waals surface area contributed by atoms with Crippen LogP contribution in [0.3, 0.4) is 0 Å². The van der Waals surface area contributed by atoms with E-state index in [9.17, 15) is 4.79 Å². The summed E-state index contributed by atoms with van der Waals surface area (Å²) in [6.07, 6.45) is -0.214. The number of fused-ring (bicyclic) bond motifs is 1. The summed E-state index contributed by atoms with van der Waals surface area (Å²) < 4.78 is 12.8. The van der Waals surface area contributed by atoms with E-state index in [1.807, 2.05) is 36.9 Å². The molecule has 1 aromatic carbocycles. The third kappa shape index (κ3) is 4.03. The molecule has 0 spiro atoms. The summed E-state index contributed by atoms with van der Waals surface area (Å²) in [5, 5.41) is 1.09. The third-order valence-corrected chi connectivity index (χ3v) is 6.94. The molecule has 2 aliphatic heterocycles. The number of thiophene rings is 1. The number of amides is 1. The lowest BCUT2D eigenvalue weighted by Gasteiger charge is -2.34. The Labute approximate surface area is 185 Å². The maximum absolute atomic E-state index is 13.5. The summed E-state index contributed by atoms with van der Waals surface area (Å²) in [5.41, 5.74) is 2.90. The number of morpholine rings is 2. The lowest BCUT2D eigenvalue weighted by Crippen LogP contribution is -2.42. The summed E-state index contributed by atoms with van der Waals surface area (Å²) in [7, 11) is 0. The fourth-order valence-corrected chi connectivity index (χ4v) is 5.53. The maximum atomic E-state index is 13.5. The highest BCUT2D eigenvalue weighted by Crippen LogP contribution is 2.39. The minimum Gasteiger partial charge on any atom is -0.378 e. The van der Waals surface area contributed by atoms with Crippen LogP contribution in [0.5, 0.6) is 0 Å². The Kier molecular flexibility index (Phi) is 5.60. The highest BCUT2D eigenvalue weighted by molar-refractivity contribution is 7.21. The van der Waals surface area contributed by atoms with Crippen molar-refractivity contribution in [2.45, 2.75) is 20.0 Å². The summed E-state index contributed by atoms with van der Waals surface area (Å²) in [4.78, 5) is 27.6. The van der Waals surface area contributed by atoms with Crippen LogP contribution in [-0.2, 0) is 9.47 Å².